The molecule has 180 valence electrons. The van der Waals surface area contributed by atoms with Gasteiger partial charge in [-0.3, -0.25) is 9.59 Å². The zero-order valence-electron chi connectivity index (χ0n) is 19.6. The van der Waals surface area contributed by atoms with Crippen molar-refractivity contribution in [2.24, 2.45) is 5.10 Å². The monoisotopic (exact) mass is 581 g/mol. The summed E-state index contributed by atoms with van der Waals surface area (Å²) in [6, 6.07) is 23.7. The van der Waals surface area contributed by atoms with E-state index in [4.69, 9.17) is 4.74 Å². The number of benzene rings is 3. The number of ether oxygens (including phenoxy) is 1. The first-order valence-corrected chi connectivity index (χ1v) is 12.8. The highest BCUT2D eigenvalue weighted by Gasteiger charge is 2.24. The van der Waals surface area contributed by atoms with Gasteiger partial charge in [0.25, 0.3) is 11.8 Å². The van der Waals surface area contributed by atoms with Crippen LogP contribution in [0.4, 0.5) is 5.69 Å². The van der Waals surface area contributed by atoms with E-state index >= 15 is 0 Å². The molecule has 7 heteroatoms. The van der Waals surface area contributed by atoms with E-state index in [0.29, 0.717) is 22.6 Å². The van der Waals surface area contributed by atoms with E-state index in [1.807, 2.05) is 42.5 Å². The largest absolute Gasteiger partial charge is 0.497 e. The van der Waals surface area contributed by atoms with Crippen molar-refractivity contribution in [3.8, 4) is 5.75 Å². The van der Waals surface area contributed by atoms with Crippen LogP contribution in [0.3, 0.4) is 0 Å². The van der Waals surface area contributed by atoms with Gasteiger partial charge in [-0.15, -0.1) is 0 Å². The minimum Gasteiger partial charge on any atom is -0.497 e. The number of hydrogen-bond acceptors (Lipinski definition) is 4. The summed E-state index contributed by atoms with van der Waals surface area (Å²) in [7, 11) is 1.58. The second-order valence-corrected chi connectivity index (χ2v) is 9.69. The van der Waals surface area contributed by atoms with Gasteiger partial charge in [0.2, 0.25) is 0 Å². The van der Waals surface area contributed by atoms with Crippen molar-refractivity contribution in [2.45, 2.75) is 38.1 Å². The van der Waals surface area contributed by atoms with E-state index in [-0.39, 0.29) is 23.6 Å². The van der Waals surface area contributed by atoms with Crippen LogP contribution in [0.1, 0.15) is 48.0 Å². The van der Waals surface area contributed by atoms with Crippen LogP contribution in [0, 0.1) is 3.57 Å². The molecule has 4 rings (SSSR count). The van der Waals surface area contributed by atoms with E-state index in [1.165, 1.54) is 11.4 Å². The second-order valence-electron chi connectivity index (χ2n) is 8.44. The van der Waals surface area contributed by atoms with Crippen LogP contribution in [0.2, 0.25) is 0 Å². The minimum atomic E-state index is -0.340. The molecule has 1 fully saturated rings. The molecule has 1 aliphatic rings. The first kappa shape index (κ1) is 24.9. The lowest BCUT2D eigenvalue weighted by atomic mass is 9.95. The van der Waals surface area contributed by atoms with Crippen LogP contribution in [-0.4, -0.2) is 30.7 Å². The molecule has 0 unspecified atom stereocenters. The molecule has 1 N–H and O–H groups in total. The normalized spacial score (nSPS) is 14.3. The third-order valence-electron chi connectivity index (χ3n) is 6.00. The van der Waals surface area contributed by atoms with Crippen LogP contribution in [0.25, 0.3) is 0 Å². The Hall–Kier alpha value is -3.20. The number of hydrogen-bond donors (Lipinski definition) is 1. The first-order valence-electron chi connectivity index (χ1n) is 11.7. The number of carbonyl (C=O) groups excluding carboxylic acids is 2. The summed E-state index contributed by atoms with van der Waals surface area (Å²) < 4.78 is 6.27. The fraction of sp³-hybridized carbons (Fsp3) is 0.250. The number of nitrogens with zero attached hydrogens (tertiary/aromatic N) is 2. The minimum absolute atomic E-state index is 0.118. The second kappa shape index (κ2) is 12.0. The van der Waals surface area contributed by atoms with Gasteiger partial charge in [-0.05, 0) is 84.0 Å². The Morgan fingerprint density at radius 2 is 1.51 bits per heavy atom. The molecular formula is C28H28IN3O3. The SMILES string of the molecule is COc1ccc(C(=O)N(/N=C(\C(=O)NC2CCCCC2)c2ccc(I)cc2)c2ccccc2)cc1. The zero-order valence-corrected chi connectivity index (χ0v) is 21.8. The molecule has 0 heterocycles. The Bertz CT molecular complexity index is 1170. The Kier molecular flexibility index (Phi) is 8.52. The topological polar surface area (TPSA) is 71.0 Å². The third kappa shape index (κ3) is 6.48. The number of amides is 2. The Morgan fingerprint density at radius 1 is 0.886 bits per heavy atom. The molecule has 0 radical (unpaired) electrons. The van der Waals surface area contributed by atoms with Crippen molar-refractivity contribution < 1.29 is 14.3 Å². The van der Waals surface area contributed by atoms with Crippen molar-refractivity contribution in [1.29, 1.82) is 0 Å². The maximum atomic E-state index is 13.6. The molecule has 0 bridgehead atoms. The number of para-hydroxylation sites is 1. The van der Waals surface area contributed by atoms with Gasteiger partial charge in [0, 0.05) is 20.7 Å². The number of anilines is 1. The van der Waals surface area contributed by atoms with E-state index in [0.717, 1.165) is 29.3 Å². The summed E-state index contributed by atoms with van der Waals surface area (Å²) >= 11 is 2.23. The Balaban J connectivity index is 1.75. The lowest BCUT2D eigenvalue weighted by Crippen LogP contribution is -2.42. The zero-order chi connectivity index (χ0) is 24.6. The quantitative estimate of drug-likeness (QED) is 0.218. The number of halogens is 1. The molecule has 1 saturated carbocycles. The number of nitrogens with one attached hydrogen (secondary N) is 1. The molecule has 0 aliphatic heterocycles. The lowest BCUT2D eigenvalue weighted by molar-refractivity contribution is -0.115. The number of hydrazone groups is 1. The van der Waals surface area contributed by atoms with Crippen molar-refractivity contribution in [3.05, 3.63) is 93.6 Å². The highest BCUT2D eigenvalue weighted by molar-refractivity contribution is 14.1. The molecule has 35 heavy (non-hydrogen) atoms. The number of carbonyl (C=O) groups is 2. The summed E-state index contributed by atoms with van der Waals surface area (Å²) in [5.74, 6) is 0.0386. The Labute approximate surface area is 219 Å². The predicted molar refractivity (Wildman–Crippen MR) is 147 cm³/mol. The maximum absolute atomic E-state index is 13.6. The van der Waals surface area contributed by atoms with Crippen LogP contribution < -0.4 is 15.1 Å². The van der Waals surface area contributed by atoms with Gasteiger partial charge in [0.05, 0.1) is 12.8 Å². The summed E-state index contributed by atoms with van der Waals surface area (Å²) in [5.41, 5.74) is 1.87. The summed E-state index contributed by atoms with van der Waals surface area (Å²) in [6.07, 6.45) is 5.32. The van der Waals surface area contributed by atoms with Crippen LogP contribution >= 0.6 is 22.6 Å². The number of rotatable bonds is 7. The summed E-state index contributed by atoms with van der Waals surface area (Å²) in [4.78, 5) is 27.1. The van der Waals surface area contributed by atoms with Gasteiger partial charge in [-0.2, -0.15) is 10.1 Å². The van der Waals surface area contributed by atoms with E-state index in [2.05, 4.69) is 33.0 Å². The molecule has 6 nitrogen and oxygen atoms in total. The van der Waals surface area contributed by atoms with E-state index in [1.54, 1.807) is 43.5 Å². The van der Waals surface area contributed by atoms with Crippen LogP contribution in [-0.2, 0) is 4.79 Å². The highest BCUT2D eigenvalue weighted by Crippen LogP contribution is 2.22. The fourth-order valence-electron chi connectivity index (χ4n) is 4.09. The molecule has 0 aromatic heterocycles. The fourth-order valence-corrected chi connectivity index (χ4v) is 4.45. The van der Waals surface area contributed by atoms with Gasteiger partial charge < -0.3 is 10.1 Å². The number of methoxy groups -OCH3 is 1. The molecule has 0 saturated heterocycles. The average Bonchev–Trinajstić information content (AvgIpc) is 2.91. The van der Waals surface area contributed by atoms with Gasteiger partial charge in [0.1, 0.15) is 5.75 Å². The van der Waals surface area contributed by atoms with Gasteiger partial charge >= 0.3 is 0 Å². The molecule has 1 aliphatic carbocycles. The van der Waals surface area contributed by atoms with Crippen LogP contribution in [0.15, 0.2) is 84.0 Å². The molecular weight excluding hydrogens is 553 g/mol. The molecule has 3 aromatic rings. The van der Waals surface area contributed by atoms with Gasteiger partial charge in [0.15, 0.2) is 5.71 Å². The molecule has 0 atom stereocenters. The Morgan fingerprint density at radius 3 is 2.14 bits per heavy atom. The molecule has 3 aromatic carbocycles. The van der Waals surface area contributed by atoms with Gasteiger partial charge in [-0.25, -0.2) is 0 Å². The van der Waals surface area contributed by atoms with Crippen molar-refractivity contribution >= 4 is 45.8 Å². The maximum Gasteiger partial charge on any atom is 0.278 e. The first-order chi connectivity index (χ1) is 17.0. The van der Waals surface area contributed by atoms with Crippen LogP contribution in [0.5, 0.6) is 5.75 Å². The smallest absolute Gasteiger partial charge is 0.278 e. The highest BCUT2D eigenvalue weighted by atomic mass is 127. The van der Waals surface area contributed by atoms with Crippen molar-refractivity contribution in [3.63, 3.8) is 0 Å². The van der Waals surface area contributed by atoms with E-state index in [9.17, 15) is 9.59 Å². The molecule has 2 amide bonds. The standard InChI is InChI=1S/C28H28IN3O3/c1-35-25-18-14-21(15-19-25)28(34)32(24-10-6-3-7-11-24)31-26(20-12-16-22(29)17-13-20)27(33)30-23-8-4-2-5-9-23/h3,6-7,10-19,23H,2,4-5,8-9H2,1H3,(H,30,33)/b31-26-. The van der Waals surface area contributed by atoms with Crippen molar-refractivity contribution in [1.82, 2.24) is 5.32 Å². The van der Waals surface area contributed by atoms with Crippen molar-refractivity contribution in [2.75, 3.05) is 12.1 Å². The lowest BCUT2D eigenvalue weighted by Gasteiger charge is -2.24. The van der Waals surface area contributed by atoms with Gasteiger partial charge in [-0.1, -0.05) is 49.6 Å². The summed E-state index contributed by atoms with van der Waals surface area (Å²) in [5, 5.41) is 9.14. The average molecular weight is 581 g/mol. The predicted octanol–water partition coefficient (Wildman–Crippen LogP) is 5.80. The summed E-state index contributed by atoms with van der Waals surface area (Å²) in [6.45, 7) is 0. The molecule has 0 spiro atoms. The van der Waals surface area contributed by atoms with E-state index < -0.39 is 0 Å². The third-order valence-corrected chi connectivity index (χ3v) is 6.72.